The van der Waals surface area contributed by atoms with Gasteiger partial charge in [0.15, 0.2) is 5.78 Å². The van der Waals surface area contributed by atoms with Crippen LogP contribution in [0.2, 0.25) is 0 Å². The smallest absolute Gasteiger partial charge is 0.164 e. The summed E-state index contributed by atoms with van der Waals surface area (Å²) in [7, 11) is 0. The van der Waals surface area contributed by atoms with Crippen molar-refractivity contribution in [1.29, 1.82) is 0 Å². The third kappa shape index (κ3) is 1.44. The number of carbonyl (C=O) groups is 1. The number of fused-ring (bicyclic) bond motifs is 1. The maximum absolute atomic E-state index is 11.6. The minimum atomic E-state index is 0.278. The molecular formula is C11H11BrO. The first-order valence-corrected chi connectivity index (χ1v) is 5.31. The summed E-state index contributed by atoms with van der Waals surface area (Å²) in [5.41, 5.74) is 2.10. The van der Waals surface area contributed by atoms with E-state index < -0.39 is 0 Å². The van der Waals surface area contributed by atoms with Gasteiger partial charge in [-0.25, -0.2) is 0 Å². The summed E-state index contributed by atoms with van der Waals surface area (Å²) < 4.78 is 0.946. The summed E-state index contributed by atoms with van der Waals surface area (Å²) in [6.07, 6.45) is 1.68. The van der Waals surface area contributed by atoms with Gasteiger partial charge in [0, 0.05) is 16.5 Å². The van der Waals surface area contributed by atoms with Gasteiger partial charge in [0.25, 0.3) is 0 Å². The summed E-state index contributed by atoms with van der Waals surface area (Å²) >= 11 is 3.43. The number of rotatable bonds is 0. The van der Waals surface area contributed by atoms with E-state index in [9.17, 15) is 4.79 Å². The zero-order valence-corrected chi connectivity index (χ0v) is 9.10. The fourth-order valence-electron chi connectivity index (χ4n) is 1.87. The van der Waals surface area contributed by atoms with Crippen LogP contribution in [0.3, 0.4) is 0 Å². The van der Waals surface area contributed by atoms with E-state index in [4.69, 9.17) is 0 Å². The van der Waals surface area contributed by atoms with Gasteiger partial charge in [-0.2, -0.15) is 0 Å². The van der Waals surface area contributed by atoms with Crippen molar-refractivity contribution in [2.45, 2.75) is 25.7 Å². The minimum Gasteiger partial charge on any atom is -0.294 e. The molecule has 0 aliphatic heterocycles. The van der Waals surface area contributed by atoms with Gasteiger partial charge in [0.05, 0.1) is 0 Å². The summed E-state index contributed by atoms with van der Waals surface area (Å²) in [5, 5.41) is 0. The SMILES string of the molecule is CC1CCC(=O)c2c(Br)cccc21. The molecule has 0 saturated heterocycles. The average Bonchev–Trinajstić information content (AvgIpc) is 2.12. The zero-order valence-electron chi connectivity index (χ0n) is 7.51. The van der Waals surface area contributed by atoms with Crippen molar-refractivity contribution in [3.8, 4) is 0 Å². The summed E-state index contributed by atoms with van der Waals surface area (Å²) in [6.45, 7) is 2.18. The van der Waals surface area contributed by atoms with Crippen molar-refractivity contribution < 1.29 is 4.79 Å². The molecular weight excluding hydrogens is 228 g/mol. The molecule has 0 heterocycles. The van der Waals surface area contributed by atoms with Crippen LogP contribution in [0.5, 0.6) is 0 Å². The van der Waals surface area contributed by atoms with Gasteiger partial charge in [0.2, 0.25) is 0 Å². The molecule has 68 valence electrons. The maximum Gasteiger partial charge on any atom is 0.164 e. The van der Waals surface area contributed by atoms with E-state index in [2.05, 4.69) is 28.9 Å². The number of ketones is 1. The Morgan fingerprint density at radius 2 is 2.23 bits per heavy atom. The molecule has 0 bridgehead atoms. The molecule has 13 heavy (non-hydrogen) atoms. The Morgan fingerprint density at radius 3 is 2.92 bits per heavy atom. The van der Waals surface area contributed by atoms with Crippen molar-refractivity contribution >= 4 is 21.7 Å². The van der Waals surface area contributed by atoms with Gasteiger partial charge in [0.1, 0.15) is 0 Å². The summed E-state index contributed by atoms with van der Waals surface area (Å²) in [5.74, 6) is 0.797. The van der Waals surface area contributed by atoms with E-state index in [0.717, 1.165) is 16.5 Å². The molecule has 1 aliphatic carbocycles. The minimum absolute atomic E-state index is 0.278. The number of hydrogen-bond acceptors (Lipinski definition) is 1. The standard InChI is InChI=1S/C11H11BrO/c1-7-5-6-10(13)11-8(7)3-2-4-9(11)12/h2-4,7H,5-6H2,1H3. The third-order valence-corrected chi connectivity index (χ3v) is 3.32. The first-order chi connectivity index (χ1) is 6.20. The number of Topliss-reactive ketones (excluding diaryl/α,β-unsaturated/α-hetero) is 1. The van der Waals surface area contributed by atoms with Crippen LogP contribution in [0.15, 0.2) is 22.7 Å². The van der Waals surface area contributed by atoms with Gasteiger partial charge in [-0.15, -0.1) is 0 Å². The predicted molar refractivity (Wildman–Crippen MR) is 56.1 cm³/mol. The second-order valence-corrected chi connectivity index (χ2v) is 4.42. The number of benzene rings is 1. The van der Waals surface area contributed by atoms with Crippen LogP contribution in [-0.2, 0) is 0 Å². The Bertz CT molecular complexity index is 357. The first-order valence-electron chi connectivity index (χ1n) is 4.51. The molecule has 1 aliphatic rings. The van der Waals surface area contributed by atoms with E-state index in [-0.39, 0.29) is 5.78 Å². The van der Waals surface area contributed by atoms with Crippen molar-refractivity contribution in [3.63, 3.8) is 0 Å². The molecule has 0 N–H and O–H groups in total. The van der Waals surface area contributed by atoms with Crippen molar-refractivity contribution in [2.75, 3.05) is 0 Å². The van der Waals surface area contributed by atoms with Gasteiger partial charge in [-0.05, 0) is 24.0 Å². The highest BCUT2D eigenvalue weighted by Crippen LogP contribution is 2.34. The average molecular weight is 239 g/mol. The molecule has 0 aromatic heterocycles. The van der Waals surface area contributed by atoms with Crippen LogP contribution in [0.1, 0.15) is 41.6 Å². The lowest BCUT2D eigenvalue weighted by molar-refractivity contribution is 0.0967. The molecule has 0 radical (unpaired) electrons. The van der Waals surface area contributed by atoms with Gasteiger partial charge < -0.3 is 0 Å². The van der Waals surface area contributed by atoms with Crippen molar-refractivity contribution in [3.05, 3.63) is 33.8 Å². The number of hydrogen-bond donors (Lipinski definition) is 0. The Balaban J connectivity index is 2.63. The molecule has 0 saturated carbocycles. The molecule has 0 spiro atoms. The Labute approximate surface area is 86.3 Å². The molecule has 2 rings (SSSR count). The summed E-state index contributed by atoms with van der Waals surface area (Å²) in [6, 6.07) is 5.99. The van der Waals surface area contributed by atoms with E-state index in [1.165, 1.54) is 5.56 Å². The first kappa shape index (κ1) is 8.95. The van der Waals surface area contributed by atoms with Crippen LogP contribution >= 0.6 is 15.9 Å². The largest absolute Gasteiger partial charge is 0.294 e. The molecule has 0 amide bonds. The maximum atomic E-state index is 11.6. The highest BCUT2D eigenvalue weighted by molar-refractivity contribution is 9.10. The molecule has 0 fully saturated rings. The van der Waals surface area contributed by atoms with Crippen molar-refractivity contribution in [2.24, 2.45) is 0 Å². The monoisotopic (exact) mass is 238 g/mol. The van der Waals surface area contributed by atoms with Gasteiger partial charge in [-0.1, -0.05) is 35.0 Å². The van der Waals surface area contributed by atoms with E-state index in [1.54, 1.807) is 0 Å². The quantitative estimate of drug-likeness (QED) is 0.676. The number of halogens is 1. The van der Waals surface area contributed by atoms with E-state index >= 15 is 0 Å². The second kappa shape index (κ2) is 3.26. The Hall–Kier alpha value is -0.630. The Morgan fingerprint density at radius 1 is 1.46 bits per heavy atom. The molecule has 2 heteroatoms. The van der Waals surface area contributed by atoms with Gasteiger partial charge >= 0.3 is 0 Å². The molecule has 1 nitrogen and oxygen atoms in total. The molecule has 1 atom stereocenters. The normalized spacial score (nSPS) is 21.4. The van der Waals surface area contributed by atoms with Crippen LogP contribution in [-0.4, -0.2) is 5.78 Å². The second-order valence-electron chi connectivity index (χ2n) is 3.57. The number of carbonyl (C=O) groups excluding carboxylic acids is 1. The topological polar surface area (TPSA) is 17.1 Å². The van der Waals surface area contributed by atoms with Crippen LogP contribution in [0.25, 0.3) is 0 Å². The fraction of sp³-hybridized carbons (Fsp3) is 0.364. The third-order valence-electron chi connectivity index (χ3n) is 2.66. The molecule has 1 aromatic carbocycles. The fourth-order valence-corrected chi connectivity index (χ4v) is 2.48. The predicted octanol–water partition coefficient (Wildman–Crippen LogP) is 3.53. The lowest BCUT2D eigenvalue weighted by Crippen LogP contribution is -2.14. The summed E-state index contributed by atoms with van der Waals surface area (Å²) in [4.78, 5) is 11.6. The lowest BCUT2D eigenvalue weighted by Gasteiger charge is -2.21. The lowest BCUT2D eigenvalue weighted by atomic mass is 9.83. The van der Waals surface area contributed by atoms with E-state index in [1.807, 2.05) is 12.1 Å². The Kier molecular flexibility index (Phi) is 2.24. The van der Waals surface area contributed by atoms with E-state index in [0.29, 0.717) is 12.3 Å². The highest BCUT2D eigenvalue weighted by Gasteiger charge is 2.23. The van der Waals surface area contributed by atoms with Gasteiger partial charge in [-0.3, -0.25) is 4.79 Å². The van der Waals surface area contributed by atoms with Crippen LogP contribution < -0.4 is 0 Å². The molecule has 1 unspecified atom stereocenters. The highest BCUT2D eigenvalue weighted by atomic mass is 79.9. The van der Waals surface area contributed by atoms with Crippen LogP contribution in [0.4, 0.5) is 0 Å². The zero-order chi connectivity index (χ0) is 9.42. The van der Waals surface area contributed by atoms with Crippen molar-refractivity contribution in [1.82, 2.24) is 0 Å². The molecule has 1 aromatic rings. The van der Waals surface area contributed by atoms with Crippen LogP contribution in [0, 0.1) is 0 Å².